The molecule has 8 heteroatoms. The van der Waals surface area contributed by atoms with Crippen molar-refractivity contribution in [3.05, 3.63) is 0 Å². The number of carboxylic acids is 1. The Kier molecular flexibility index (Phi) is 3.88. The fourth-order valence-electron chi connectivity index (χ4n) is 2.84. The van der Waals surface area contributed by atoms with Gasteiger partial charge in [0, 0.05) is 5.92 Å². The van der Waals surface area contributed by atoms with Crippen molar-refractivity contribution in [1.29, 1.82) is 0 Å². The molecule has 4 atom stereocenters. The Morgan fingerprint density at radius 2 is 1.86 bits per heavy atom. The summed E-state index contributed by atoms with van der Waals surface area (Å²) in [5.74, 6) is -5.17. The van der Waals surface area contributed by atoms with E-state index in [2.05, 4.69) is 0 Å². The fourth-order valence-corrected chi connectivity index (χ4v) is 2.84. The number of carboxylic acid groups (broad SMARTS) is 1. The highest BCUT2D eigenvalue weighted by atomic mass is 16.6. The van der Waals surface area contributed by atoms with Gasteiger partial charge >= 0.3 is 18.0 Å². The number of ether oxygens (including phenoxy) is 2. The molecule has 22 heavy (non-hydrogen) atoms. The average Bonchev–Trinajstić information content (AvgIpc) is 3.00. The number of aliphatic carboxylic acids is 1. The molecule has 1 N–H and O–H groups in total. The predicted octanol–water partition coefficient (Wildman–Crippen LogP) is 0.642. The zero-order valence-corrected chi connectivity index (χ0v) is 12.9. The van der Waals surface area contributed by atoms with Gasteiger partial charge in [-0.15, -0.1) is 0 Å². The third-order valence-corrected chi connectivity index (χ3v) is 3.64. The van der Waals surface area contributed by atoms with Crippen molar-refractivity contribution in [2.24, 2.45) is 17.8 Å². The van der Waals surface area contributed by atoms with E-state index in [1.54, 1.807) is 27.7 Å². The van der Waals surface area contributed by atoms with E-state index >= 15 is 0 Å². The zero-order valence-electron chi connectivity index (χ0n) is 12.9. The van der Waals surface area contributed by atoms with Crippen LogP contribution in [0.2, 0.25) is 0 Å². The molecular formula is C14H19NO7. The number of carbonyl (C=O) groups excluding carboxylic acids is 3. The molecule has 2 rings (SSSR count). The number of carbonyl (C=O) groups is 4. The van der Waals surface area contributed by atoms with E-state index in [1.165, 1.54) is 0 Å². The van der Waals surface area contributed by atoms with Crippen LogP contribution in [0, 0.1) is 17.8 Å². The molecule has 1 saturated heterocycles. The number of hydrogen-bond donors (Lipinski definition) is 1. The smallest absolute Gasteiger partial charge is 0.417 e. The second-order valence-electron chi connectivity index (χ2n) is 6.35. The molecule has 0 bridgehead atoms. The van der Waals surface area contributed by atoms with E-state index in [9.17, 15) is 19.2 Å². The van der Waals surface area contributed by atoms with Crippen LogP contribution in [0.1, 0.15) is 27.7 Å². The van der Waals surface area contributed by atoms with Crippen molar-refractivity contribution in [3.63, 3.8) is 0 Å². The van der Waals surface area contributed by atoms with Crippen molar-refractivity contribution in [3.8, 4) is 0 Å². The lowest BCUT2D eigenvalue weighted by Gasteiger charge is -2.28. The lowest BCUT2D eigenvalue weighted by atomic mass is 10.1. The van der Waals surface area contributed by atoms with E-state index < -0.39 is 53.3 Å². The second-order valence-corrected chi connectivity index (χ2v) is 6.35. The first-order valence-corrected chi connectivity index (χ1v) is 7.05. The number of imide groups is 1. The van der Waals surface area contributed by atoms with Crippen molar-refractivity contribution >= 4 is 23.9 Å². The summed E-state index contributed by atoms with van der Waals surface area (Å²) in [6.07, 6.45) is -0.952. The van der Waals surface area contributed by atoms with Crippen LogP contribution >= 0.6 is 0 Å². The number of nitrogens with zero attached hydrogens (tertiary/aromatic N) is 1. The van der Waals surface area contributed by atoms with Crippen molar-refractivity contribution < 1.29 is 33.8 Å². The minimum Gasteiger partial charge on any atom is -0.481 e. The number of piperidine rings is 1. The topological polar surface area (TPSA) is 110 Å². The highest BCUT2D eigenvalue weighted by Gasteiger charge is 2.73. The van der Waals surface area contributed by atoms with E-state index in [-0.39, 0.29) is 6.61 Å². The first kappa shape index (κ1) is 16.3. The molecule has 2 fully saturated rings. The highest BCUT2D eigenvalue weighted by Crippen LogP contribution is 2.56. The Bertz CT molecular complexity index is 536. The van der Waals surface area contributed by atoms with Crippen LogP contribution in [-0.2, 0) is 23.9 Å². The summed E-state index contributed by atoms with van der Waals surface area (Å²) in [6, 6.07) is -1.23. The number of rotatable bonds is 3. The number of esters is 1. The summed E-state index contributed by atoms with van der Waals surface area (Å²) in [4.78, 5) is 48.3. The molecule has 8 nitrogen and oxygen atoms in total. The van der Waals surface area contributed by atoms with Crippen LogP contribution in [0.15, 0.2) is 0 Å². The molecular weight excluding hydrogens is 294 g/mol. The van der Waals surface area contributed by atoms with Gasteiger partial charge < -0.3 is 14.6 Å². The van der Waals surface area contributed by atoms with Crippen molar-refractivity contribution in [2.75, 3.05) is 6.61 Å². The largest absolute Gasteiger partial charge is 0.481 e. The van der Waals surface area contributed by atoms with Gasteiger partial charge in [-0.05, 0) is 27.7 Å². The van der Waals surface area contributed by atoms with Gasteiger partial charge in [-0.25, -0.2) is 14.5 Å². The standard InChI is InChI=1S/C14H19NO7/c1-5-21-12(19)9-6-7(8(6)11(17)18)10(16)15(9)13(20)22-14(2,3)4/h6-9H,5H2,1-4H3,(H,17,18). The van der Waals surface area contributed by atoms with E-state index in [0.717, 1.165) is 0 Å². The Morgan fingerprint density at radius 1 is 1.27 bits per heavy atom. The lowest BCUT2D eigenvalue weighted by Crippen LogP contribution is -2.49. The maximum Gasteiger partial charge on any atom is 0.417 e. The van der Waals surface area contributed by atoms with Crippen LogP contribution < -0.4 is 0 Å². The molecule has 0 spiro atoms. The average molecular weight is 313 g/mol. The van der Waals surface area contributed by atoms with Gasteiger partial charge in [0.1, 0.15) is 11.6 Å². The number of fused-ring (bicyclic) bond motifs is 1. The van der Waals surface area contributed by atoms with E-state index in [0.29, 0.717) is 4.90 Å². The molecule has 122 valence electrons. The second kappa shape index (κ2) is 5.26. The normalized spacial score (nSPS) is 29.8. The van der Waals surface area contributed by atoms with Gasteiger partial charge in [-0.1, -0.05) is 0 Å². The van der Waals surface area contributed by atoms with E-state index in [4.69, 9.17) is 14.6 Å². The first-order valence-electron chi connectivity index (χ1n) is 7.05. The molecule has 0 aromatic heterocycles. The Labute approximate surface area is 127 Å². The molecule has 1 saturated carbocycles. The SMILES string of the molecule is CCOC(=O)C1C2C(C(=O)O)C2C(=O)N1C(=O)OC(C)(C)C. The number of likely N-dealkylation sites (tertiary alicyclic amines) is 1. The summed E-state index contributed by atoms with van der Waals surface area (Å²) >= 11 is 0. The molecule has 2 amide bonds. The van der Waals surface area contributed by atoms with Crippen LogP contribution in [0.3, 0.4) is 0 Å². The Morgan fingerprint density at radius 3 is 2.32 bits per heavy atom. The predicted molar refractivity (Wildman–Crippen MR) is 71.6 cm³/mol. The maximum atomic E-state index is 12.3. The molecule has 0 aromatic carbocycles. The molecule has 2 aliphatic rings. The maximum absolute atomic E-state index is 12.3. The monoisotopic (exact) mass is 313 g/mol. The fraction of sp³-hybridized carbons (Fsp3) is 0.714. The minimum atomic E-state index is -1.23. The van der Waals surface area contributed by atoms with Crippen LogP contribution in [0.25, 0.3) is 0 Å². The number of hydrogen-bond acceptors (Lipinski definition) is 6. The minimum absolute atomic E-state index is 0.0702. The zero-order chi connectivity index (χ0) is 16.8. The van der Waals surface area contributed by atoms with Gasteiger partial charge in [-0.2, -0.15) is 0 Å². The third kappa shape index (κ3) is 2.65. The van der Waals surface area contributed by atoms with E-state index in [1.807, 2.05) is 0 Å². The quantitative estimate of drug-likeness (QED) is 0.761. The van der Waals surface area contributed by atoms with Crippen LogP contribution in [-0.4, -0.2) is 52.2 Å². The molecule has 0 radical (unpaired) electrons. The summed E-state index contributed by atoms with van der Waals surface area (Å²) in [6.45, 7) is 6.55. The van der Waals surface area contributed by atoms with Gasteiger partial charge in [-0.3, -0.25) is 9.59 Å². The van der Waals surface area contributed by atoms with Gasteiger partial charge in [0.2, 0.25) is 5.91 Å². The third-order valence-electron chi connectivity index (χ3n) is 3.64. The molecule has 1 aliphatic carbocycles. The van der Waals surface area contributed by atoms with Crippen LogP contribution in [0.4, 0.5) is 4.79 Å². The van der Waals surface area contributed by atoms with Gasteiger partial charge in [0.25, 0.3) is 0 Å². The Hall–Kier alpha value is -2.12. The summed E-state index contributed by atoms with van der Waals surface area (Å²) in [5, 5.41) is 9.08. The molecule has 4 unspecified atom stereocenters. The van der Waals surface area contributed by atoms with Crippen LogP contribution in [0.5, 0.6) is 0 Å². The Balaban J connectivity index is 2.26. The lowest BCUT2D eigenvalue weighted by molar-refractivity contribution is -0.154. The van der Waals surface area contributed by atoms with Crippen molar-refractivity contribution in [2.45, 2.75) is 39.3 Å². The first-order chi connectivity index (χ1) is 10.1. The van der Waals surface area contributed by atoms with Gasteiger partial charge in [0.15, 0.2) is 0 Å². The number of amides is 2. The van der Waals surface area contributed by atoms with Gasteiger partial charge in [0.05, 0.1) is 18.4 Å². The highest BCUT2D eigenvalue weighted by molar-refractivity contribution is 6.06. The summed E-state index contributed by atoms with van der Waals surface area (Å²) in [5.41, 5.74) is -0.838. The van der Waals surface area contributed by atoms with Crippen molar-refractivity contribution in [1.82, 2.24) is 4.90 Å². The summed E-state index contributed by atoms with van der Waals surface area (Å²) < 4.78 is 10.0. The molecule has 1 heterocycles. The summed E-state index contributed by atoms with van der Waals surface area (Å²) in [7, 11) is 0. The molecule has 0 aromatic rings. The molecule has 1 aliphatic heterocycles.